The van der Waals surface area contributed by atoms with Crippen LogP contribution >= 0.6 is 0 Å². The van der Waals surface area contributed by atoms with E-state index < -0.39 is 11.7 Å². The lowest BCUT2D eigenvalue weighted by atomic mass is 9.80. The standard InChI is InChI=1S/C26H24F3N3O/c27-26(28,29)20-7-1-17(2-8-20)5-14-25(33)30-21-9-12-23-19(15-21)6-13-24(31-23)32-16-18-3-10-22(32)11-4-18/h1-2,5-9,12-15,18,22H,3-4,10-11,16H2,(H,30,33). The minimum atomic E-state index is -4.38. The molecule has 2 aliphatic heterocycles. The summed E-state index contributed by atoms with van der Waals surface area (Å²) in [5.74, 6) is 1.44. The fourth-order valence-electron chi connectivity index (χ4n) is 4.84. The van der Waals surface area contributed by atoms with Gasteiger partial charge in [0, 0.05) is 29.7 Å². The van der Waals surface area contributed by atoms with Gasteiger partial charge in [-0.15, -0.1) is 0 Å². The Labute approximate surface area is 190 Å². The lowest BCUT2D eigenvalue weighted by molar-refractivity contribution is -0.137. The fraction of sp³-hybridized carbons (Fsp3) is 0.308. The van der Waals surface area contributed by atoms with Crippen LogP contribution < -0.4 is 10.2 Å². The SMILES string of the molecule is O=C(C=Cc1ccc(C(F)(F)F)cc1)Nc1ccc2nc(N3CC4CCC3CC4)ccc2c1. The average molecular weight is 451 g/mol. The van der Waals surface area contributed by atoms with Gasteiger partial charge < -0.3 is 10.2 Å². The van der Waals surface area contributed by atoms with Crippen molar-refractivity contribution >= 4 is 34.4 Å². The number of hydrogen-bond donors (Lipinski definition) is 1. The van der Waals surface area contributed by atoms with Crippen LogP contribution in [-0.2, 0) is 11.0 Å². The second-order valence-corrected chi connectivity index (χ2v) is 8.85. The molecule has 1 N–H and O–H groups in total. The number of pyridine rings is 1. The number of benzene rings is 2. The molecule has 2 aromatic carbocycles. The molecule has 1 aromatic heterocycles. The Morgan fingerprint density at radius 3 is 2.42 bits per heavy atom. The zero-order valence-corrected chi connectivity index (χ0v) is 18.0. The number of nitrogens with zero attached hydrogens (tertiary/aromatic N) is 2. The van der Waals surface area contributed by atoms with E-state index in [4.69, 9.17) is 4.98 Å². The molecule has 7 heteroatoms. The first-order valence-corrected chi connectivity index (χ1v) is 11.2. The smallest absolute Gasteiger partial charge is 0.353 e. The largest absolute Gasteiger partial charge is 0.416 e. The Balaban J connectivity index is 1.25. The number of anilines is 2. The molecule has 2 saturated heterocycles. The van der Waals surface area contributed by atoms with Crippen molar-refractivity contribution in [2.75, 3.05) is 16.8 Å². The van der Waals surface area contributed by atoms with Gasteiger partial charge in [-0.05, 0) is 85.7 Å². The molecule has 1 saturated carbocycles. The summed E-state index contributed by atoms with van der Waals surface area (Å²) in [5.41, 5.74) is 1.31. The van der Waals surface area contributed by atoms with E-state index >= 15 is 0 Å². The van der Waals surface area contributed by atoms with Gasteiger partial charge in [0.1, 0.15) is 5.82 Å². The van der Waals surface area contributed by atoms with E-state index in [9.17, 15) is 18.0 Å². The highest BCUT2D eigenvalue weighted by Crippen LogP contribution is 2.37. The van der Waals surface area contributed by atoms with E-state index in [1.54, 1.807) is 0 Å². The predicted octanol–water partition coefficient (Wildman–Crippen LogP) is 6.28. The molecule has 33 heavy (non-hydrogen) atoms. The minimum Gasteiger partial charge on any atom is -0.353 e. The van der Waals surface area contributed by atoms with Crippen LogP contribution in [0.1, 0.15) is 36.8 Å². The van der Waals surface area contributed by atoms with Crippen LogP contribution in [0.5, 0.6) is 0 Å². The Hall–Kier alpha value is -3.35. The van der Waals surface area contributed by atoms with Gasteiger partial charge in [-0.25, -0.2) is 4.98 Å². The molecule has 2 bridgehead atoms. The zero-order chi connectivity index (χ0) is 23.0. The number of amides is 1. The first-order chi connectivity index (χ1) is 15.8. The van der Waals surface area contributed by atoms with E-state index in [0.717, 1.165) is 41.3 Å². The van der Waals surface area contributed by atoms with Crippen molar-refractivity contribution in [1.29, 1.82) is 0 Å². The van der Waals surface area contributed by atoms with Gasteiger partial charge in [0.2, 0.25) is 5.91 Å². The van der Waals surface area contributed by atoms with Crippen LogP contribution in [0, 0.1) is 5.92 Å². The van der Waals surface area contributed by atoms with E-state index in [0.29, 0.717) is 17.3 Å². The third-order valence-electron chi connectivity index (χ3n) is 6.61. The molecule has 0 atom stereocenters. The van der Waals surface area contributed by atoms with E-state index in [1.165, 1.54) is 50.0 Å². The molecule has 3 fully saturated rings. The van der Waals surface area contributed by atoms with Crippen molar-refractivity contribution in [2.24, 2.45) is 5.92 Å². The van der Waals surface area contributed by atoms with Gasteiger partial charge in [0.15, 0.2) is 0 Å². The second kappa shape index (κ2) is 8.54. The van der Waals surface area contributed by atoms with E-state index in [-0.39, 0.29) is 5.91 Å². The van der Waals surface area contributed by atoms with Crippen LogP contribution in [0.3, 0.4) is 0 Å². The Morgan fingerprint density at radius 1 is 1.00 bits per heavy atom. The number of hydrogen-bond acceptors (Lipinski definition) is 3. The summed E-state index contributed by atoms with van der Waals surface area (Å²) in [7, 11) is 0. The van der Waals surface area contributed by atoms with Crippen molar-refractivity contribution < 1.29 is 18.0 Å². The number of alkyl halides is 3. The second-order valence-electron chi connectivity index (χ2n) is 8.85. The van der Waals surface area contributed by atoms with Crippen LogP contribution in [-0.4, -0.2) is 23.5 Å². The molecule has 3 aromatic rings. The van der Waals surface area contributed by atoms with Crippen molar-refractivity contribution in [2.45, 2.75) is 37.9 Å². The van der Waals surface area contributed by atoms with Crippen molar-refractivity contribution in [3.8, 4) is 0 Å². The highest BCUT2D eigenvalue weighted by atomic mass is 19.4. The van der Waals surface area contributed by atoms with Gasteiger partial charge >= 0.3 is 6.18 Å². The molecule has 1 aliphatic carbocycles. The van der Waals surface area contributed by atoms with Gasteiger partial charge in [-0.1, -0.05) is 12.1 Å². The van der Waals surface area contributed by atoms with Crippen LogP contribution in [0.4, 0.5) is 24.7 Å². The van der Waals surface area contributed by atoms with Gasteiger partial charge in [0.05, 0.1) is 11.1 Å². The number of aromatic nitrogens is 1. The van der Waals surface area contributed by atoms with Crippen molar-refractivity contribution in [3.63, 3.8) is 0 Å². The molecule has 1 amide bonds. The molecule has 0 radical (unpaired) electrons. The molecule has 0 spiro atoms. The maximum Gasteiger partial charge on any atom is 0.416 e. The average Bonchev–Trinajstić information content (AvgIpc) is 2.83. The summed E-state index contributed by atoms with van der Waals surface area (Å²) in [5, 5.41) is 3.73. The number of piperidine rings is 2. The summed E-state index contributed by atoms with van der Waals surface area (Å²) >= 11 is 0. The van der Waals surface area contributed by atoms with Gasteiger partial charge in [-0.2, -0.15) is 13.2 Å². The number of fused-ring (bicyclic) bond motifs is 4. The number of nitrogens with one attached hydrogen (secondary N) is 1. The zero-order valence-electron chi connectivity index (χ0n) is 18.0. The first-order valence-electron chi connectivity index (χ1n) is 11.2. The summed E-state index contributed by atoms with van der Waals surface area (Å²) in [6.07, 6.45) is 3.55. The highest BCUT2D eigenvalue weighted by molar-refractivity contribution is 6.03. The summed E-state index contributed by atoms with van der Waals surface area (Å²) in [6.45, 7) is 1.09. The maximum atomic E-state index is 12.7. The van der Waals surface area contributed by atoms with Gasteiger partial charge in [-0.3, -0.25) is 4.79 Å². The number of halogens is 3. The fourth-order valence-corrected chi connectivity index (χ4v) is 4.84. The minimum absolute atomic E-state index is 0.358. The lowest BCUT2D eigenvalue weighted by Gasteiger charge is -2.46. The van der Waals surface area contributed by atoms with Crippen molar-refractivity contribution in [3.05, 3.63) is 71.8 Å². The molecule has 3 heterocycles. The van der Waals surface area contributed by atoms with E-state index in [2.05, 4.69) is 16.3 Å². The first kappa shape index (κ1) is 21.5. The highest BCUT2D eigenvalue weighted by Gasteiger charge is 2.34. The Morgan fingerprint density at radius 2 is 1.76 bits per heavy atom. The number of carbonyl (C=O) groups excluding carboxylic acids is 1. The Bertz CT molecular complexity index is 1200. The molecule has 3 aliphatic rings. The predicted molar refractivity (Wildman–Crippen MR) is 124 cm³/mol. The molecule has 170 valence electrons. The Kier molecular flexibility index (Phi) is 5.56. The van der Waals surface area contributed by atoms with Crippen molar-refractivity contribution in [1.82, 2.24) is 4.98 Å². The topological polar surface area (TPSA) is 45.2 Å². The molecular formula is C26H24F3N3O. The molecule has 4 nitrogen and oxygen atoms in total. The maximum absolute atomic E-state index is 12.7. The number of carbonyl (C=O) groups is 1. The molecular weight excluding hydrogens is 427 g/mol. The third-order valence-corrected chi connectivity index (χ3v) is 6.61. The summed E-state index contributed by atoms with van der Waals surface area (Å²) in [6, 6.07) is 14.9. The quantitative estimate of drug-likeness (QED) is 0.475. The summed E-state index contributed by atoms with van der Waals surface area (Å²) < 4.78 is 38.0. The number of rotatable bonds is 4. The normalized spacial score (nSPS) is 20.5. The molecule has 6 rings (SSSR count). The van der Waals surface area contributed by atoms with Crippen LogP contribution in [0.25, 0.3) is 17.0 Å². The van der Waals surface area contributed by atoms with Crippen LogP contribution in [0.2, 0.25) is 0 Å². The third kappa shape index (κ3) is 4.72. The van der Waals surface area contributed by atoms with Crippen LogP contribution in [0.15, 0.2) is 60.7 Å². The molecule has 0 unspecified atom stereocenters. The summed E-state index contributed by atoms with van der Waals surface area (Å²) in [4.78, 5) is 19.6. The monoisotopic (exact) mass is 451 g/mol. The van der Waals surface area contributed by atoms with E-state index in [1.807, 2.05) is 24.3 Å². The lowest BCUT2D eigenvalue weighted by Crippen LogP contribution is -2.48. The van der Waals surface area contributed by atoms with Gasteiger partial charge in [0.25, 0.3) is 0 Å².